The van der Waals surface area contributed by atoms with Gasteiger partial charge in [-0.3, -0.25) is 9.78 Å². The number of rotatable bonds is 4. The molecule has 2 aromatic carbocycles. The highest BCUT2D eigenvalue weighted by Crippen LogP contribution is 2.69. The molecule has 3 heterocycles. The molecule has 7 nitrogen and oxygen atoms in total. The molecule has 1 aliphatic carbocycles. The summed E-state index contributed by atoms with van der Waals surface area (Å²) in [6, 6.07) is 13.8. The number of hydrogen-bond acceptors (Lipinski definition) is 6. The van der Waals surface area contributed by atoms with Crippen LogP contribution in [0.2, 0.25) is 0 Å². The number of fused-ring (bicyclic) bond motifs is 3. The fourth-order valence-electron chi connectivity index (χ4n) is 6.56. The summed E-state index contributed by atoms with van der Waals surface area (Å²) in [5.41, 5.74) is -2.90. The smallest absolute Gasteiger partial charge is 0.416 e. The zero-order chi connectivity index (χ0) is 27.4. The van der Waals surface area contributed by atoms with Crippen molar-refractivity contribution in [3.8, 4) is 11.5 Å². The van der Waals surface area contributed by atoms with Gasteiger partial charge in [-0.05, 0) is 29.7 Å². The first kappa shape index (κ1) is 25.6. The minimum Gasteiger partial charge on any atom is -0.495 e. The first-order chi connectivity index (χ1) is 18.7. The Morgan fingerprint density at radius 1 is 1.08 bits per heavy atom. The molecule has 2 fully saturated rings. The summed E-state index contributed by atoms with van der Waals surface area (Å²) in [7, 11) is 1.44. The summed E-state index contributed by atoms with van der Waals surface area (Å²) in [6.45, 7) is 1.63. The molecular formula is C29H27F3N2O5. The number of hydrogen-bond donors (Lipinski definition) is 1. The molecule has 39 heavy (non-hydrogen) atoms. The number of alkyl halides is 3. The maximum absolute atomic E-state index is 14.1. The van der Waals surface area contributed by atoms with Crippen LogP contribution in [0.3, 0.4) is 0 Å². The van der Waals surface area contributed by atoms with Gasteiger partial charge in [-0.2, -0.15) is 13.2 Å². The zero-order valence-electron chi connectivity index (χ0n) is 21.1. The fourth-order valence-corrected chi connectivity index (χ4v) is 6.56. The molecule has 1 unspecified atom stereocenters. The average molecular weight is 541 g/mol. The molecule has 1 N–H and O–H groups in total. The summed E-state index contributed by atoms with van der Waals surface area (Å²) < 4.78 is 58.2. The van der Waals surface area contributed by atoms with Gasteiger partial charge >= 0.3 is 6.18 Å². The molecule has 1 aromatic heterocycles. The van der Waals surface area contributed by atoms with Crippen LogP contribution in [-0.2, 0) is 26.9 Å². The molecule has 0 spiro atoms. The maximum atomic E-state index is 14.1. The van der Waals surface area contributed by atoms with Crippen molar-refractivity contribution in [2.24, 2.45) is 5.92 Å². The summed E-state index contributed by atoms with van der Waals surface area (Å²) in [5.74, 6) is -1.12. The van der Waals surface area contributed by atoms with Gasteiger partial charge in [-0.1, -0.05) is 42.5 Å². The molecule has 1 saturated carbocycles. The standard InChI is InChI=1S/C29H27F3N2O5/c1-37-22-16-33-17-23-25(22)27(36)15-21(26(35)34-11-13-38-14-12-34)24(18-5-3-2-4-6-18)28(27,39-23)19-7-9-20(10-8-19)29(30,31)32/h2-10,16-17,21,24,36H,11-15H2,1H3/t21?,24-,27-,28+/m1/s1. The Hall–Kier alpha value is -3.63. The SMILES string of the molecule is COc1cncc2c1[C@]1(O)CC(C(=O)N3CCOCC3)[C@@H](c3ccccc3)[C@]1(c1ccc(C(F)(F)F)cc1)O2. The third-order valence-electron chi connectivity index (χ3n) is 8.19. The highest BCUT2D eigenvalue weighted by atomic mass is 19.4. The third kappa shape index (κ3) is 3.80. The van der Waals surface area contributed by atoms with Crippen molar-refractivity contribution in [3.05, 3.63) is 89.2 Å². The van der Waals surface area contributed by atoms with E-state index in [1.54, 1.807) is 4.90 Å². The van der Waals surface area contributed by atoms with Crippen LogP contribution in [0.25, 0.3) is 0 Å². The molecule has 204 valence electrons. The number of methoxy groups -OCH3 is 1. The lowest BCUT2D eigenvalue weighted by Crippen LogP contribution is -2.49. The van der Waals surface area contributed by atoms with E-state index in [9.17, 15) is 23.1 Å². The predicted octanol–water partition coefficient (Wildman–Crippen LogP) is 4.25. The average Bonchev–Trinajstić information content (AvgIpc) is 3.37. The largest absolute Gasteiger partial charge is 0.495 e. The number of halogens is 3. The number of carbonyl (C=O) groups is 1. The number of morpholine rings is 1. The van der Waals surface area contributed by atoms with E-state index in [1.807, 2.05) is 30.3 Å². The molecule has 0 bridgehead atoms. The Bertz CT molecular complexity index is 1380. The molecule has 3 aromatic rings. The van der Waals surface area contributed by atoms with Gasteiger partial charge in [0, 0.05) is 19.0 Å². The van der Waals surface area contributed by atoms with Gasteiger partial charge in [0.15, 0.2) is 5.60 Å². The molecule has 10 heteroatoms. The van der Waals surface area contributed by atoms with Gasteiger partial charge in [-0.15, -0.1) is 0 Å². The van der Waals surface area contributed by atoms with Crippen LogP contribution >= 0.6 is 0 Å². The van der Waals surface area contributed by atoms with Gasteiger partial charge in [0.25, 0.3) is 0 Å². The highest BCUT2D eigenvalue weighted by Gasteiger charge is 2.73. The van der Waals surface area contributed by atoms with Gasteiger partial charge in [0.1, 0.15) is 17.1 Å². The van der Waals surface area contributed by atoms with Crippen molar-refractivity contribution in [1.82, 2.24) is 9.88 Å². The van der Waals surface area contributed by atoms with E-state index < -0.39 is 34.8 Å². The molecule has 1 saturated heterocycles. The predicted molar refractivity (Wildman–Crippen MR) is 133 cm³/mol. The number of ether oxygens (including phenoxy) is 3. The van der Waals surface area contributed by atoms with Crippen molar-refractivity contribution >= 4 is 5.91 Å². The number of aromatic nitrogens is 1. The van der Waals surface area contributed by atoms with Gasteiger partial charge in [0.2, 0.25) is 5.91 Å². The Morgan fingerprint density at radius 2 is 1.77 bits per heavy atom. The van der Waals surface area contributed by atoms with E-state index in [0.717, 1.165) is 17.7 Å². The number of nitrogens with zero attached hydrogens (tertiary/aromatic N) is 2. The quantitative estimate of drug-likeness (QED) is 0.533. The molecule has 6 rings (SSSR count). The van der Waals surface area contributed by atoms with E-state index in [2.05, 4.69) is 4.98 Å². The van der Waals surface area contributed by atoms with Crippen LogP contribution in [0, 0.1) is 5.92 Å². The first-order valence-corrected chi connectivity index (χ1v) is 12.7. The highest BCUT2D eigenvalue weighted by molar-refractivity contribution is 5.82. The van der Waals surface area contributed by atoms with Gasteiger partial charge in [0.05, 0.1) is 49.8 Å². The van der Waals surface area contributed by atoms with Crippen molar-refractivity contribution in [1.29, 1.82) is 0 Å². The van der Waals surface area contributed by atoms with Gasteiger partial charge in [-0.25, -0.2) is 0 Å². The molecular weight excluding hydrogens is 513 g/mol. The van der Waals surface area contributed by atoms with E-state index >= 15 is 0 Å². The Morgan fingerprint density at radius 3 is 2.41 bits per heavy atom. The van der Waals surface area contributed by atoms with Crippen molar-refractivity contribution in [3.63, 3.8) is 0 Å². The minimum absolute atomic E-state index is 0.0306. The Labute approximate surface area is 223 Å². The van der Waals surface area contributed by atoms with Crippen molar-refractivity contribution < 1.29 is 37.3 Å². The minimum atomic E-state index is -4.54. The van der Waals surface area contributed by atoms with E-state index in [1.165, 1.54) is 31.6 Å². The number of amides is 1. The number of aliphatic hydroxyl groups is 1. The van der Waals surface area contributed by atoms with E-state index in [0.29, 0.717) is 37.4 Å². The number of pyridine rings is 1. The third-order valence-corrected chi connectivity index (χ3v) is 8.19. The zero-order valence-corrected chi connectivity index (χ0v) is 21.1. The summed E-state index contributed by atoms with van der Waals surface area (Å²) in [4.78, 5) is 20.0. The normalized spacial score (nSPS) is 28.0. The van der Waals surface area contributed by atoms with Crippen LogP contribution in [0.15, 0.2) is 67.0 Å². The fraction of sp³-hybridized carbons (Fsp3) is 0.379. The summed E-state index contributed by atoms with van der Waals surface area (Å²) in [6.07, 6.45) is -1.65. The number of carbonyl (C=O) groups excluding carboxylic acids is 1. The van der Waals surface area contributed by atoms with Crippen LogP contribution < -0.4 is 9.47 Å². The molecule has 0 radical (unpaired) electrons. The second-order valence-electron chi connectivity index (χ2n) is 10.1. The molecule has 1 amide bonds. The Balaban J connectivity index is 1.60. The lowest BCUT2D eigenvalue weighted by Gasteiger charge is -2.41. The Kier molecular flexibility index (Phi) is 6.07. The topological polar surface area (TPSA) is 81.1 Å². The lowest BCUT2D eigenvalue weighted by molar-refractivity contribution is -0.140. The van der Waals surface area contributed by atoms with E-state index in [4.69, 9.17) is 14.2 Å². The second kappa shape index (κ2) is 9.24. The molecule has 2 aliphatic heterocycles. The molecule has 3 aliphatic rings. The summed E-state index contributed by atoms with van der Waals surface area (Å²) in [5, 5.41) is 12.7. The van der Waals surface area contributed by atoms with Crippen LogP contribution in [0.1, 0.15) is 34.6 Å². The van der Waals surface area contributed by atoms with Crippen LogP contribution in [0.4, 0.5) is 13.2 Å². The maximum Gasteiger partial charge on any atom is 0.416 e. The van der Waals surface area contributed by atoms with Crippen molar-refractivity contribution in [2.75, 3.05) is 33.4 Å². The first-order valence-electron chi connectivity index (χ1n) is 12.7. The second-order valence-corrected chi connectivity index (χ2v) is 10.1. The van der Waals surface area contributed by atoms with E-state index in [-0.39, 0.29) is 23.8 Å². The van der Waals surface area contributed by atoms with Crippen LogP contribution in [0.5, 0.6) is 11.5 Å². The molecule has 4 atom stereocenters. The van der Waals surface area contributed by atoms with Gasteiger partial charge < -0.3 is 24.2 Å². The number of benzene rings is 2. The van der Waals surface area contributed by atoms with Crippen LogP contribution in [-0.4, -0.2) is 54.3 Å². The lowest BCUT2D eigenvalue weighted by atomic mass is 9.70. The summed E-state index contributed by atoms with van der Waals surface area (Å²) >= 11 is 0. The van der Waals surface area contributed by atoms with Crippen molar-refractivity contribution in [2.45, 2.75) is 29.7 Å². The monoisotopic (exact) mass is 540 g/mol.